The first-order valence-corrected chi connectivity index (χ1v) is 6.26. The van der Waals surface area contributed by atoms with Gasteiger partial charge >= 0.3 is 6.03 Å². The van der Waals surface area contributed by atoms with Crippen LogP contribution in [0.4, 0.5) is 16.2 Å². The van der Waals surface area contributed by atoms with Crippen LogP contribution in [-0.4, -0.2) is 21.5 Å². The van der Waals surface area contributed by atoms with E-state index in [2.05, 4.69) is 15.6 Å². The number of benzene rings is 1. The van der Waals surface area contributed by atoms with Gasteiger partial charge in [0.2, 0.25) is 5.91 Å². The second kappa shape index (κ2) is 6.01. The average Bonchev–Trinajstić information content (AvgIpc) is 2.92. The van der Waals surface area contributed by atoms with Crippen molar-refractivity contribution in [1.29, 1.82) is 0 Å². The van der Waals surface area contributed by atoms with Crippen molar-refractivity contribution in [2.24, 2.45) is 5.92 Å². The van der Waals surface area contributed by atoms with E-state index in [1.807, 2.05) is 13.8 Å². The van der Waals surface area contributed by atoms with Gasteiger partial charge in [0.05, 0.1) is 0 Å². The van der Waals surface area contributed by atoms with Crippen molar-refractivity contribution in [1.82, 2.24) is 9.55 Å². The van der Waals surface area contributed by atoms with Gasteiger partial charge in [-0.2, -0.15) is 0 Å². The number of nitrogens with one attached hydrogen (secondary N) is 2. The number of rotatable bonds is 3. The van der Waals surface area contributed by atoms with E-state index < -0.39 is 0 Å². The van der Waals surface area contributed by atoms with Crippen molar-refractivity contribution in [3.8, 4) is 0 Å². The Kier molecular flexibility index (Phi) is 4.14. The molecular formula is C14H16N4O2. The normalized spacial score (nSPS) is 10.3. The summed E-state index contributed by atoms with van der Waals surface area (Å²) in [6, 6.07) is 6.68. The van der Waals surface area contributed by atoms with Crippen LogP contribution in [0, 0.1) is 5.92 Å². The monoisotopic (exact) mass is 272 g/mol. The fraction of sp³-hybridized carbons (Fsp3) is 0.214. The number of nitrogens with zero attached hydrogens (tertiary/aromatic N) is 2. The van der Waals surface area contributed by atoms with E-state index in [-0.39, 0.29) is 17.9 Å². The van der Waals surface area contributed by atoms with Gasteiger partial charge in [-0.15, -0.1) is 0 Å². The third kappa shape index (κ3) is 3.44. The van der Waals surface area contributed by atoms with Gasteiger partial charge in [-0.1, -0.05) is 19.9 Å². The lowest BCUT2D eigenvalue weighted by atomic mass is 10.2. The summed E-state index contributed by atoms with van der Waals surface area (Å²) >= 11 is 0. The molecule has 1 aromatic carbocycles. The number of carbonyl (C=O) groups is 2. The molecule has 2 aromatic rings. The second-order valence-electron chi connectivity index (χ2n) is 4.62. The van der Waals surface area contributed by atoms with Gasteiger partial charge in [0.15, 0.2) is 0 Å². The highest BCUT2D eigenvalue weighted by Gasteiger charge is 2.08. The number of aromatic nitrogens is 2. The number of hydrogen-bond donors (Lipinski definition) is 2. The molecule has 1 heterocycles. The Morgan fingerprint density at radius 2 is 1.90 bits per heavy atom. The zero-order valence-electron chi connectivity index (χ0n) is 11.3. The Balaban J connectivity index is 2.06. The summed E-state index contributed by atoms with van der Waals surface area (Å²) in [5, 5.41) is 5.50. The van der Waals surface area contributed by atoms with Crippen LogP contribution in [-0.2, 0) is 4.79 Å². The highest BCUT2D eigenvalue weighted by atomic mass is 16.2. The Bertz CT molecular complexity index is 605. The van der Waals surface area contributed by atoms with Crippen LogP contribution in [0.15, 0.2) is 43.0 Å². The molecule has 0 saturated carbocycles. The van der Waals surface area contributed by atoms with Gasteiger partial charge in [-0.25, -0.2) is 9.78 Å². The summed E-state index contributed by atoms with van der Waals surface area (Å²) in [4.78, 5) is 27.3. The van der Waals surface area contributed by atoms with Crippen molar-refractivity contribution in [2.75, 3.05) is 10.6 Å². The summed E-state index contributed by atoms with van der Waals surface area (Å²) < 4.78 is 1.33. The summed E-state index contributed by atoms with van der Waals surface area (Å²) in [6.45, 7) is 3.64. The van der Waals surface area contributed by atoms with Crippen molar-refractivity contribution < 1.29 is 9.59 Å². The lowest BCUT2D eigenvalue weighted by molar-refractivity contribution is -0.118. The SMILES string of the molecule is CC(C)C(=O)Nc1cccc(NC(=O)n2ccnc2)c1. The van der Waals surface area contributed by atoms with E-state index in [4.69, 9.17) is 0 Å². The topological polar surface area (TPSA) is 76.0 Å². The Morgan fingerprint density at radius 1 is 1.20 bits per heavy atom. The smallest absolute Gasteiger partial charge is 0.326 e. The Hall–Kier alpha value is -2.63. The molecular weight excluding hydrogens is 256 g/mol. The van der Waals surface area contributed by atoms with E-state index in [9.17, 15) is 9.59 Å². The van der Waals surface area contributed by atoms with Crippen molar-refractivity contribution in [3.05, 3.63) is 43.0 Å². The van der Waals surface area contributed by atoms with Gasteiger partial charge in [-0.05, 0) is 18.2 Å². The molecule has 6 heteroatoms. The van der Waals surface area contributed by atoms with Crippen LogP contribution in [0.3, 0.4) is 0 Å². The lowest BCUT2D eigenvalue weighted by Crippen LogP contribution is -2.19. The first kappa shape index (κ1) is 13.8. The number of carbonyl (C=O) groups excluding carboxylic acids is 2. The first-order chi connectivity index (χ1) is 9.56. The molecule has 20 heavy (non-hydrogen) atoms. The van der Waals surface area contributed by atoms with Gasteiger partial charge in [0.25, 0.3) is 0 Å². The maximum Gasteiger partial charge on any atom is 0.331 e. The number of amides is 2. The fourth-order valence-electron chi connectivity index (χ4n) is 1.53. The van der Waals surface area contributed by atoms with Crippen LogP contribution in [0.1, 0.15) is 13.8 Å². The van der Waals surface area contributed by atoms with E-state index in [1.54, 1.807) is 30.5 Å². The summed E-state index contributed by atoms with van der Waals surface area (Å²) in [5.74, 6) is -0.165. The Labute approximate surface area is 116 Å². The highest BCUT2D eigenvalue weighted by Crippen LogP contribution is 2.16. The fourth-order valence-corrected chi connectivity index (χ4v) is 1.53. The predicted octanol–water partition coefficient (Wildman–Crippen LogP) is 2.56. The predicted molar refractivity (Wildman–Crippen MR) is 76.6 cm³/mol. The van der Waals surface area contributed by atoms with E-state index in [1.165, 1.54) is 17.1 Å². The molecule has 0 saturated heterocycles. The Morgan fingerprint density at radius 3 is 2.50 bits per heavy atom. The molecule has 0 unspecified atom stereocenters. The molecule has 0 aliphatic carbocycles. The first-order valence-electron chi connectivity index (χ1n) is 6.26. The van der Waals surface area contributed by atoms with Gasteiger partial charge in [0.1, 0.15) is 6.33 Å². The third-order valence-corrected chi connectivity index (χ3v) is 2.64. The summed E-state index contributed by atoms with van der Waals surface area (Å²) in [7, 11) is 0. The molecule has 0 bridgehead atoms. The van der Waals surface area contributed by atoms with E-state index >= 15 is 0 Å². The van der Waals surface area contributed by atoms with Crippen LogP contribution >= 0.6 is 0 Å². The van der Waals surface area contributed by atoms with Crippen molar-refractivity contribution >= 4 is 23.3 Å². The van der Waals surface area contributed by atoms with Crippen LogP contribution in [0.2, 0.25) is 0 Å². The molecule has 1 aromatic heterocycles. The summed E-state index contributed by atoms with van der Waals surface area (Å²) in [6.07, 6.45) is 4.50. The van der Waals surface area contributed by atoms with Crippen molar-refractivity contribution in [3.63, 3.8) is 0 Å². The van der Waals surface area contributed by atoms with Gasteiger partial charge in [0, 0.05) is 29.7 Å². The third-order valence-electron chi connectivity index (χ3n) is 2.64. The standard InChI is InChI=1S/C14H16N4O2/c1-10(2)13(19)16-11-4-3-5-12(8-11)17-14(20)18-7-6-15-9-18/h3-10H,1-2H3,(H,16,19)(H,17,20). The van der Waals surface area contributed by atoms with Gasteiger partial charge in [-0.3, -0.25) is 9.36 Å². The molecule has 104 valence electrons. The van der Waals surface area contributed by atoms with Gasteiger partial charge < -0.3 is 10.6 Å². The minimum absolute atomic E-state index is 0.0666. The van der Waals surface area contributed by atoms with E-state index in [0.717, 1.165) is 0 Å². The largest absolute Gasteiger partial charge is 0.331 e. The maximum atomic E-state index is 11.8. The highest BCUT2D eigenvalue weighted by molar-refractivity contribution is 5.94. The minimum Gasteiger partial charge on any atom is -0.326 e. The molecule has 0 fully saturated rings. The molecule has 0 radical (unpaired) electrons. The summed E-state index contributed by atoms with van der Waals surface area (Å²) in [5.41, 5.74) is 1.25. The number of imidazole rings is 1. The lowest BCUT2D eigenvalue weighted by Gasteiger charge is -2.10. The van der Waals surface area contributed by atoms with Crippen molar-refractivity contribution in [2.45, 2.75) is 13.8 Å². The van der Waals surface area contributed by atoms with E-state index in [0.29, 0.717) is 11.4 Å². The molecule has 2 rings (SSSR count). The molecule has 0 aliphatic heterocycles. The molecule has 0 atom stereocenters. The minimum atomic E-state index is -0.310. The van der Waals surface area contributed by atoms with Crippen LogP contribution in [0.5, 0.6) is 0 Å². The number of anilines is 2. The molecule has 2 N–H and O–H groups in total. The molecule has 0 spiro atoms. The molecule has 0 aliphatic rings. The maximum absolute atomic E-state index is 11.8. The average molecular weight is 272 g/mol. The molecule has 2 amide bonds. The number of hydrogen-bond acceptors (Lipinski definition) is 3. The zero-order valence-corrected chi connectivity index (χ0v) is 11.3. The van der Waals surface area contributed by atoms with Crippen LogP contribution < -0.4 is 10.6 Å². The van der Waals surface area contributed by atoms with Crippen LogP contribution in [0.25, 0.3) is 0 Å². The quantitative estimate of drug-likeness (QED) is 0.901. The second-order valence-corrected chi connectivity index (χ2v) is 4.62. The molecule has 6 nitrogen and oxygen atoms in total. The zero-order chi connectivity index (χ0) is 14.5.